The smallest absolute Gasteiger partial charge is 0.187 e. The van der Waals surface area contributed by atoms with Gasteiger partial charge >= 0.3 is 0 Å². The van der Waals surface area contributed by atoms with E-state index >= 15 is 0 Å². The maximum atomic E-state index is 12.8. The van der Waals surface area contributed by atoms with Crippen LogP contribution in [0.4, 0.5) is 8.78 Å². The summed E-state index contributed by atoms with van der Waals surface area (Å²) in [5.74, 6) is -2.33. The highest BCUT2D eigenvalue weighted by Crippen LogP contribution is 2.09. The van der Waals surface area contributed by atoms with E-state index in [1.165, 1.54) is 12.1 Å². The van der Waals surface area contributed by atoms with Crippen molar-refractivity contribution in [2.24, 2.45) is 0 Å². The van der Waals surface area contributed by atoms with E-state index in [1.54, 1.807) is 25.2 Å². The Hall–Kier alpha value is -1.71. The predicted molar refractivity (Wildman–Crippen MR) is 53.5 cm³/mol. The highest BCUT2D eigenvalue weighted by atomic mass is 19.2. The first kappa shape index (κ1) is 11.4. The average molecular weight is 211 g/mol. The molecule has 0 aliphatic carbocycles. The highest BCUT2D eigenvalue weighted by molar-refractivity contribution is 6.04. The number of nitrogens with zero attached hydrogens (tertiary/aromatic N) is 1. The van der Waals surface area contributed by atoms with Crippen molar-refractivity contribution in [3.63, 3.8) is 0 Å². The number of ketones is 1. The SMILES string of the molecule is CN(C)/C=C/C(=O)c1ccc(F)c(F)c1. The maximum Gasteiger partial charge on any atom is 0.187 e. The van der Waals surface area contributed by atoms with Gasteiger partial charge in [0.05, 0.1) is 0 Å². The van der Waals surface area contributed by atoms with Crippen LogP contribution >= 0.6 is 0 Å². The van der Waals surface area contributed by atoms with Crippen LogP contribution in [0.15, 0.2) is 30.5 Å². The molecule has 0 amide bonds. The predicted octanol–water partition coefficient (Wildman–Crippen LogP) is 2.22. The summed E-state index contributed by atoms with van der Waals surface area (Å²) in [5.41, 5.74) is 0.131. The molecule has 0 radical (unpaired) electrons. The molecule has 1 aromatic rings. The molecule has 0 bridgehead atoms. The van der Waals surface area contributed by atoms with Crippen LogP contribution in [0.25, 0.3) is 0 Å². The van der Waals surface area contributed by atoms with E-state index in [9.17, 15) is 13.6 Å². The van der Waals surface area contributed by atoms with Crippen LogP contribution in [0.1, 0.15) is 10.4 Å². The minimum absolute atomic E-state index is 0.131. The van der Waals surface area contributed by atoms with Crippen molar-refractivity contribution in [3.05, 3.63) is 47.7 Å². The minimum atomic E-state index is -1.01. The maximum absolute atomic E-state index is 12.8. The molecule has 0 spiro atoms. The lowest BCUT2D eigenvalue weighted by molar-refractivity contribution is 0.104. The van der Waals surface area contributed by atoms with E-state index in [0.717, 1.165) is 12.1 Å². The van der Waals surface area contributed by atoms with Gasteiger partial charge in [-0.1, -0.05) is 0 Å². The van der Waals surface area contributed by atoms with E-state index in [2.05, 4.69) is 0 Å². The van der Waals surface area contributed by atoms with Crippen LogP contribution < -0.4 is 0 Å². The van der Waals surface area contributed by atoms with Crippen LogP contribution in [-0.2, 0) is 0 Å². The van der Waals surface area contributed by atoms with Crippen molar-refractivity contribution < 1.29 is 13.6 Å². The van der Waals surface area contributed by atoms with Gasteiger partial charge in [0, 0.05) is 31.9 Å². The van der Waals surface area contributed by atoms with Gasteiger partial charge in [0.15, 0.2) is 17.4 Å². The van der Waals surface area contributed by atoms with Crippen LogP contribution in [-0.4, -0.2) is 24.8 Å². The zero-order chi connectivity index (χ0) is 11.4. The molecule has 1 rings (SSSR count). The third-order valence-corrected chi connectivity index (χ3v) is 1.73. The Morgan fingerprint density at radius 1 is 1.27 bits per heavy atom. The van der Waals surface area contributed by atoms with Gasteiger partial charge in [-0.15, -0.1) is 0 Å². The molecule has 0 unspecified atom stereocenters. The Kier molecular flexibility index (Phi) is 3.55. The molecule has 0 heterocycles. The summed E-state index contributed by atoms with van der Waals surface area (Å²) in [6.45, 7) is 0. The quantitative estimate of drug-likeness (QED) is 0.564. The summed E-state index contributed by atoms with van der Waals surface area (Å²) in [6, 6.07) is 3.07. The van der Waals surface area contributed by atoms with Crippen LogP contribution in [0.5, 0.6) is 0 Å². The Morgan fingerprint density at radius 3 is 2.47 bits per heavy atom. The van der Waals surface area contributed by atoms with Gasteiger partial charge in [-0.25, -0.2) is 8.78 Å². The molecule has 15 heavy (non-hydrogen) atoms. The second-order valence-corrected chi connectivity index (χ2v) is 3.27. The second-order valence-electron chi connectivity index (χ2n) is 3.27. The fraction of sp³-hybridized carbons (Fsp3) is 0.182. The Bertz CT molecular complexity index is 400. The van der Waals surface area contributed by atoms with Gasteiger partial charge < -0.3 is 4.90 Å². The molecule has 0 fully saturated rings. The number of benzene rings is 1. The molecule has 80 valence electrons. The zero-order valence-electron chi connectivity index (χ0n) is 8.50. The topological polar surface area (TPSA) is 20.3 Å². The summed E-state index contributed by atoms with van der Waals surface area (Å²) >= 11 is 0. The van der Waals surface area contributed by atoms with Gasteiger partial charge in [0.25, 0.3) is 0 Å². The van der Waals surface area contributed by atoms with Crippen LogP contribution in [0.3, 0.4) is 0 Å². The molecule has 0 aromatic heterocycles. The average Bonchev–Trinajstić information content (AvgIpc) is 2.18. The van der Waals surface area contributed by atoms with E-state index in [-0.39, 0.29) is 11.3 Å². The molecule has 1 aromatic carbocycles. The zero-order valence-corrected chi connectivity index (χ0v) is 8.50. The van der Waals surface area contributed by atoms with E-state index in [4.69, 9.17) is 0 Å². The standard InChI is InChI=1S/C11H11F2NO/c1-14(2)6-5-11(15)8-3-4-9(12)10(13)7-8/h3-7H,1-2H3/b6-5+. The van der Waals surface area contributed by atoms with E-state index < -0.39 is 11.6 Å². The van der Waals surface area contributed by atoms with Crippen molar-refractivity contribution in [1.29, 1.82) is 0 Å². The number of halogens is 2. The molecule has 0 saturated carbocycles. The highest BCUT2D eigenvalue weighted by Gasteiger charge is 2.06. The molecular weight excluding hydrogens is 200 g/mol. The number of carbonyl (C=O) groups excluding carboxylic acids is 1. The molecule has 4 heteroatoms. The minimum Gasteiger partial charge on any atom is -0.383 e. The largest absolute Gasteiger partial charge is 0.383 e. The van der Waals surface area contributed by atoms with Gasteiger partial charge in [-0.2, -0.15) is 0 Å². The van der Waals surface area contributed by atoms with Gasteiger partial charge in [0.2, 0.25) is 0 Å². The lowest BCUT2D eigenvalue weighted by Crippen LogP contribution is -2.03. The third-order valence-electron chi connectivity index (χ3n) is 1.73. The Labute approximate surface area is 86.8 Å². The Morgan fingerprint density at radius 2 is 1.93 bits per heavy atom. The summed E-state index contributed by atoms with van der Waals surface area (Å²) < 4.78 is 25.3. The van der Waals surface area contributed by atoms with Crippen LogP contribution in [0.2, 0.25) is 0 Å². The molecule has 2 nitrogen and oxygen atoms in total. The van der Waals surface area contributed by atoms with Crippen molar-refractivity contribution >= 4 is 5.78 Å². The van der Waals surface area contributed by atoms with Crippen molar-refractivity contribution in [1.82, 2.24) is 4.90 Å². The van der Waals surface area contributed by atoms with Gasteiger partial charge in [0.1, 0.15) is 0 Å². The molecule has 0 aliphatic heterocycles. The van der Waals surface area contributed by atoms with Crippen molar-refractivity contribution in [2.45, 2.75) is 0 Å². The lowest BCUT2D eigenvalue weighted by atomic mass is 10.1. The van der Waals surface area contributed by atoms with Crippen molar-refractivity contribution in [2.75, 3.05) is 14.1 Å². The van der Waals surface area contributed by atoms with Crippen molar-refractivity contribution in [3.8, 4) is 0 Å². The summed E-state index contributed by atoms with van der Waals surface area (Å²) in [7, 11) is 3.52. The lowest BCUT2D eigenvalue weighted by Gasteiger charge is -2.02. The molecular formula is C11H11F2NO. The van der Waals surface area contributed by atoms with E-state index in [0.29, 0.717) is 0 Å². The van der Waals surface area contributed by atoms with E-state index in [1.807, 2.05) is 0 Å². The summed E-state index contributed by atoms with van der Waals surface area (Å²) in [5, 5.41) is 0. The number of rotatable bonds is 3. The normalized spacial score (nSPS) is 10.7. The summed E-state index contributed by atoms with van der Waals surface area (Å²) in [6.07, 6.45) is 2.84. The number of allylic oxidation sites excluding steroid dienone is 1. The summed E-state index contributed by atoms with van der Waals surface area (Å²) in [4.78, 5) is 13.1. The molecule has 0 aliphatic rings. The fourth-order valence-electron chi connectivity index (χ4n) is 0.962. The monoisotopic (exact) mass is 211 g/mol. The fourth-order valence-corrected chi connectivity index (χ4v) is 0.962. The first-order valence-corrected chi connectivity index (χ1v) is 4.34. The molecule has 0 saturated heterocycles. The number of hydrogen-bond acceptors (Lipinski definition) is 2. The first-order chi connectivity index (χ1) is 7.00. The molecule has 0 atom stereocenters. The molecule has 0 N–H and O–H groups in total. The first-order valence-electron chi connectivity index (χ1n) is 4.34. The van der Waals surface area contributed by atoms with Crippen LogP contribution in [0, 0.1) is 11.6 Å². The number of carbonyl (C=O) groups is 1. The Balaban J connectivity index is 2.88. The van der Waals surface area contributed by atoms with Gasteiger partial charge in [-0.3, -0.25) is 4.79 Å². The third kappa shape index (κ3) is 3.16. The number of hydrogen-bond donors (Lipinski definition) is 0. The second kappa shape index (κ2) is 4.68. The van der Waals surface area contributed by atoms with Gasteiger partial charge in [-0.05, 0) is 18.2 Å².